The Morgan fingerprint density at radius 1 is 0.895 bits per heavy atom. The van der Waals surface area contributed by atoms with Crippen molar-refractivity contribution in [3.05, 3.63) is 107 Å². The van der Waals surface area contributed by atoms with Gasteiger partial charge in [0.1, 0.15) is 17.7 Å². The second kappa shape index (κ2) is 13.8. The van der Waals surface area contributed by atoms with Crippen molar-refractivity contribution in [1.29, 1.82) is 0 Å². The van der Waals surface area contributed by atoms with Crippen molar-refractivity contribution in [3.8, 4) is 0 Å². The summed E-state index contributed by atoms with van der Waals surface area (Å²) in [5.41, 5.74) is 9.00. The van der Waals surface area contributed by atoms with Crippen LogP contribution in [0.5, 0.6) is 0 Å². The van der Waals surface area contributed by atoms with Crippen LogP contribution in [-0.2, 0) is 35.4 Å². The lowest BCUT2D eigenvalue weighted by Gasteiger charge is -2.39. The van der Waals surface area contributed by atoms with Crippen molar-refractivity contribution in [2.75, 3.05) is 6.54 Å². The number of aliphatic hydroxyl groups excluding tert-OH is 1. The number of aryl methyl sites for hydroxylation is 1. The van der Waals surface area contributed by atoms with Gasteiger partial charge < -0.3 is 21.1 Å². The van der Waals surface area contributed by atoms with E-state index in [-0.39, 0.29) is 24.9 Å². The van der Waals surface area contributed by atoms with Gasteiger partial charge in [0.05, 0.1) is 12.1 Å². The number of aliphatic hydroxyl groups is 1. The van der Waals surface area contributed by atoms with Crippen LogP contribution in [0.15, 0.2) is 72.8 Å². The third-order valence-corrected chi connectivity index (χ3v) is 6.55. The number of hydrogen-bond donors (Lipinski definition) is 3. The topological polar surface area (TPSA) is 95.7 Å². The molecule has 2 amide bonds. The number of rotatable bonds is 13. The molecule has 0 fully saturated rings. The van der Waals surface area contributed by atoms with Crippen LogP contribution in [0.2, 0.25) is 0 Å². The zero-order valence-electron chi connectivity index (χ0n) is 21.7. The lowest BCUT2D eigenvalue weighted by molar-refractivity contribution is -0.143. The van der Waals surface area contributed by atoms with Gasteiger partial charge in [-0.25, -0.2) is 8.78 Å². The smallest absolute Gasteiger partial charge is 0.240 e. The SMILES string of the molecule is CCc1cccc(CNC[C@@H](O)[C@H](Cc2cc(F)cc(F)c2)N(C(C)=O)[C@H](Cc2ccccc2)C(N)=O)c1. The molecule has 0 unspecified atom stereocenters. The molecule has 0 saturated heterocycles. The Morgan fingerprint density at radius 2 is 1.53 bits per heavy atom. The second-order valence-corrected chi connectivity index (χ2v) is 9.46. The predicted molar refractivity (Wildman–Crippen MR) is 143 cm³/mol. The Morgan fingerprint density at radius 3 is 2.13 bits per heavy atom. The molecule has 3 atom stereocenters. The van der Waals surface area contributed by atoms with E-state index in [4.69, 9.17) is 5.73 Å². The highest BCUT2D eigenvalue weighted by molar-refractivity contribution is 5.86. The lowest BCUT2D eigenvalue weighted by Crippen LogP contribution is -2.58. The Kier molecular flexibility index (Phi) is 10.5. The molecule has 0 radical (unpaired) electrons. The minimum atomic E-state index is -1.17. The van der Waals surface area contributed by atoms with Gasteiger partial charge in [0.15, 0.2) is 0 Å². The maximum atomic E-state index is 14.0. The molecule has 0 spiro atoms. The number of halogens is 2. The summed E-state index contributed by atoms with van der Waals surface area (Å²) in [5, 5.41) is 14.5. The standard InChI is InChI=1S/C30H35F2N3O3/c1-3-21-10-7-11-23(12-21)18-34-19-29(37)27(16-24-13-25(31)17-26(32)14-24)35(20(2)36)28(30(33)38)15-22-8-5-4-6-9-22/h4-14,17,27-29,34,37H,3,15-16,18-19H2,1-2H3,(H2,33,38)/t27-,28+,29+/m0/s1. The Bertz CT molecular complexity index is 1200. The Labute approximate surface area is 222 Å². The highest BCUT2D eigenvalue weighted by atomic mass is 19.1. The maximum absolute atomic E-state index is 14.0. The number of nitrogens with zero attached hydrogens (tertiary/aromatic N) is 1. The zero-order valence-corrected chi connectivity index (χ0v) is 21.7. The van der Waals surface area contributed by atoms with Gasteiger partial charge in [-0.1, -0.05) is 61.5 Å². The molecule has 3 rings (SSSR count). The van der Waals surface area contributed by atoms with Crippen molar-refractivity contribution in [3.63, 3.8) is 0 Å². The number of primary amides is 1. The van der Waals surface area contributed by atoms with Gasteiger partial charge in [-0.3, -0.25) is 9.59 Å². The first kappa shape index (κ1) is 28.9. The van der Waals surface area contributed by atoms with E-state index in [0.717, 1.165) is 35.7 Å². The molecule has 0 aromatic heterocycles. The van der Waals surface area contributed by atoms with E-state index in [2.05, 4.69) is 18.3 Å². The number of carbonyl (C=O) groups excluding carboxylic acids is 2. The molecule has 0 heterocycles. The number of hydrogen-bond acceptors (Lipinski definition) is 4. The van der Waals surface area contributed by atoms with Gasteiger partial charge in [-0.05, 0) is 47.2 Å². The van der Waals surface area contributed by atoms with Gasteiger partial charge in [0.25, 0.3) is 0 Å². The second-order valence-electron chi connectivity index (χ2n) is 9.46. The van der Waals surface area contributed by atoms with Crippen molar-refractivity contribution < 1.29 is 23.5 Å². The molecule has 202 valence electrons. The van der Waals surface area contributed by atoms with Crippen molar-refractivity contribution in [1.82, 2.24) is 10.2 Å². The third kappa shape index (κ3) is 8.19. The third-order valence-electron chi connectivity index (χ3n) is 6.55. The summed E-state index contributed by atoms with van der Waals surface area (Å²) in [5.74, 6) is -2.77. The average Bonchev–Trinajstić information content (AvgIpc) is 2.87. The molecule has 0 saturated carbocycles. The fraction of sp³-hybridized carbons (Fsp3) is 0.333. The van der Waals surface area contributed by atoms with Crippen LogP contribution in [-0.4, -0.2) is 46.6 Å². The summed E-state index contributed by atoms with van der Waals surface area (Å²) in [6.45, 7) is 3.89. The lowest BCUT2D eigenvalue weighted by atomic mass is 9.95. The van der Waals surface area contributed by atoms with Crippen LogP contribution >= 0.6 is 0 Å². The molecular formula is C30H35F2N3O3. The first-order valence-corrected chi connectivity index (χ1v) is 12.7. The number of nitrogens with two attached hydrogens (primary N) is 1. The van der Waals surface area contributed by atoms with Gasteiger partial charge in [0.2, 0.25) is 11.8 Å². The fourth-order valence-corrected chi connectivity index (χ4v) is 4.71. The normalized spacial score (nSPS) is 13.5. The largest absolute Gasteiger partial charge is 0.390 e. The van der Waals surface area contributed by atoms with Crippen LogP contribution in [0, 0.1) is 11.6 Å². The number of carbonyl (C=O) groups is 2. The quantitative estimate of drug-likeness (QED) is 0.319. The van der Waals surface area contributed by atoms with Crippen LogP contribution < -0.4 is 11.1 Å². The van der Waals surface area contributed by atoms with Gasteiger partial charge in [-0.15, -0.1) is 0 Å². The van der Waals surface area contributed by atoms with Crippen molar-refractivity contribution in [2.24, 2.45) is 5.73 Å². The molecule has 0 aliphatic rings. The summed E-state index contributed by atoms with van der Waals surface area (Å²) in [7, 11) is 0. The number of amides is 2. The molecule has 3 aromatic carbocycles. The molecule has 4 N–H and O–H groups in total. The fourth-order valence-electron chi connectivity index (χ4n) is 4.71. The molecule has 8 heteroatoms. The minimum absolute atomic E-state index is 0.0689. The van der Waals surface area contributed by atoms with Crippen LogP contribution in [0.4, 0.5) is 8.78 Å². The van der Waals surface area contributed by atoms with Crippen molar-refractivity contribution >= 4 is 11.8 Å². The van der Waals surface area contributed by atoms with Crippen LogP contribution in [0.1, 0.15) is 36.1 Å². The molecule has 0 bridgehead atoms. The minimum Gasteiger partial charge on any atom is -0.390 e. The van der Waals surface area contributed by atoms with E-state index in [1.165, 1.54) is 17.4 Å². The molecule has 6 nitrogen and oxygen atoms in total. The van der Waals surface area contributed by atoms with Crippen molar-refractivity contribution in [2.45, 2.75) is 57.8 Å². The average molecular weight is 524 g/mol. The highest BCUT2D eigenvalue weighted by Gasteiger charge is 2.36. The first-order chi connectivity index (χ1) is 18.2. The predicted octanol–water partition coefficient (Wildman–Crippen LogP) is 3.53. The van der Waals surface area contributed by atoms with Crippen LogP contribution in [0.25, 0.3) is 0 Å². The van der Waals surface area contributed by atoms with E-state index < -0.39 is 41.6 Å². The zero-order chi connectivity index (χ0) is 27.7. The van der Waals surface area contributed by atoms with Gasteiger partial charge in [-0.2, -0.15) is 0 Å². The van der Waals surface area contributed by atoms with Gasteiger partial charge in [0, 0.05) is 32.5 Å². The Hall–Kier alpha value is -3.62. The summed E-state index contributed by atoms with van der Waals surface area (Å²) in [6, 6.07) is 18.1. The molecule has 38 heavy (non-hydrogen) atoms. The summed E-state index contributed by atoms with van der Waals surface area (Å²) in [6.07, 6.45) is -0.224. The maximum Gasteiger partial charge on any atom is 0.240 e. The van der Waals surface area contributed by atoms with E-state index in [0.29, 0.717) is 6.54 Å². The first-order valence-electron chi connectivity index (χ1n) is 12.7. The summed E-state index contributed by atoms with van der Waals surface area (Å²) >= 11 is 0. The van der Waals surface area contributed by atoms with E-state index in [1.807, 2.05) is 48.5 Å². The monoisotopic (exact) mass is 523 g/mol. The van der Waals surface area contributed by atoms with E-state index in [1.54, 1.807) is 0 Å². The number of nitrogens with one attached hydrogen (secondary N) is 1. The van der Waals surface area contributed by atoms with E-state index in [9.17, 15) is 23.5 Å². The van der Waals surface area contributed by atoms with Gasteiger partial charge >= 0.3 is 0 Å². The molecule has 0 aliphatic heterocycles. The summed E-state index contributed by atoms with van der Waals surface area (Å²) in [4.78, 5) is 26.8. The molecular weight excluding hydrogens is 488 g/mol. The highest BCUT2D eigenvalue weighted by Crippen LogP contribution is 2.21. The molecule has 3 aromatic rings. The Balaban J connectivity index is 1.89. The number of benzene rings is 3. The molecule has 0 aliphatic carbocycles. The van der Waals surface area contributed by atoms with E-state index >= 15 is 0 Å². The van der Waals surface area contributed by atoms with Crippen LogP contribution in [0.3, 0.4) is 0 Å². The summed E-state index contributed by atoms with van der Waals surface area (Å²) < 4.78 is 28.0.